The molecule has 4 atom stereocenters. The Morgan fingerprint density at radius 1 is 1.08 bits per heavy atom. The number of nitriles is 1. The lowest BCUT2D eigenvalue weighted by molar-refractivity contribution is -0.124. The van der Waals surface area contributed by atoms with Gasteiger partial charge < -0.3 is 16.0 Å². The molecule has 15 heteroatoms. The molecule has 2 aromatic heterocycles. The molecule has 2 saturated heterocycles. The van der Waals surface area contributed by atoms with Crippen LogP contribution in [-0.2, 0) is 15.0 Å². The number of carbonyl (C=O) groups is 3. The number of hydrogen-bond acceptors (Lipinski definition) is 7. The van der Waals surface area contributed by atoms with Crippen LogP contribution in [0.2, 0.25) is 10.0 Å². The number of hydrogen-bond donors (Lipinski definition) is 4. The normalized spacial score (nSPS) is 24.2. The van der Waals surface area contributed by atoms with Crippen molar-refractivity contribution < 1.29 is 23.2 Å². The summed E-state index contributed by atoms with van der Waals surface area (Å²) in [5, 5.41) is 23.7. The molecule has 11 nitrogen and oxygen atoms in total. The van der Waals surface area contributed by atoms with E-state index in [0.29, 0.717) is 30.2 Å². The molecule has 2 aromatic carbocycles. The van der Waals surface area contributed by atoms with Crippen molar-refractivity contribution in [2.24, 2.45) is 11.3 Å². The van der Waals surface area contributed by atoms with Crippen LogP contribution in [0.25, 0.3) is 5.65 Å². The highest BCUT2D eigenvalue weighted by atomic mass is 35.5. The number of imidazole rings is 1. The standard InChI is InChI=1S/C46H50Cl2F2N8O3/c1-45(2,3)24-36-46(27-51,33-18-15-30(47)23-35(33)49)39(32-11-7-12-34(48)40(32)50)41(55-36)43(60)54-31-16-13-28(14-17-31)25-52-20-6-4-5-9-29-10-8-21-57-38(26-53-42(29)57)58-22-19-37(59)56-44(58)61/h7-8,10-12,15,18,21,23,26,28,31,36,39,41,52,55H,4,6,13-14,16-17,19-20,22,24-25H2,1-3H3,(H,54,60)(H,56,59,61)/t28-,31-,36-,39-,41+,46-/m0/s1. The number of nitrogens with one attached hydrogen (secondary N) is 4. The molecular weight excluding hydrogens is 821 g/mol. The van der Waals surface area contributed by atoms with E-state index < -0.39 is 41.1 Å². The van der Waals surface area contributed by atoms with E-state index in [-0.39, 0.29) is 57.4 Å². The third kappa shape index (κ3) is 9.41. The summed E-state index contributed by atoms with van der Waals surface area (Å²) in [6.45, 7) is 7.94. The van der Waals surface area contributed by atoms with Crippen LogP contribution < -0.4 is 26.2 Å². The highest BCUT2D eigenvalue weighted by Gasteiger charge is 2.61. The maximum Gasteiger partial charge on any atom is 0.329 e. The Morgan fingerprint density at radius 2 is 1.87 bits per heavy atom. The van der Waals surface area contributed by atoms with Gasteiger partial charge in [0.15, 0.2) is 5.65 Å². The van der Waals surface area contributed by atoms with Crippen molar-refractivity contribution in [3.05, 3.63) is 99.3 Å². The SMILES string of the molecule is CC(C)(C)C[C@@H]1N[C@@H](C(=O)N[C@H]2CC[C@H](CNCCCC#Cc3cccn4c(N5CCC(=O)NC5=O)cnc34)CC2)[C@H](c2cccc(Cl)c2F)[C@@]1(C#N)c1ccc(Cl)cc1F. The van der Waals surface area contributed by atoms with Crippen molar-refractivity contribution in [3.63, 3.8) is 0 Å². The quantitative estimate of drug-likeness (QED) is 0.0891. The first kappa shape index (κ1) is 44.0. The van der Waals surface area contributed by atoms with Gasteiger partial charge >= 0.3 is 6.03 Å². The number of rotatable bonds is 11. The minimum atomic E-state index is -1.68. The van der Waals surface area contributed by atoms with Gasteiger partial charge in [-0.05, 0) is 98.8 Å². The maximum atomic E-state index is 16.1. The summed E-state index contributed by atoms with van der Waals surface area (Å²) in [5.74, 6) is 4.25. The highest BCUT2D eigenvalue weighted by molar-refractivity contribution is 6.31. The van der Waals surface area contributed by atoms with Crippen molar-refractivity contribution in [1.29, 1.82) is 5.26 Å². The number of benzene rings is 2. The first-order valence-corrected chi connectivity index (χ1v) is 21.6. The number of fused-ring (bicyclic) bond motifs is 1. The molecule has 4 N–H and O–H groups in total. The number of halogens is 4. The van der Waals surface area contributed by atoms with Crippen molar-refractivity contribution in [1.82, 2.24) is 30.7 Å². The number of unbranched alkanes of at least 4 members (excludes halogenated alkanes) is 1. The summed E-state index contributed by atoms with van der Waals surface area (Å²) in [6.07, 6.45) is 8.91. The Hall–Kier alpha value is -5.05. The average molecular weight is 872 g/mol. The lowest BCUT2D eigenvalue weighted by Gasteiger charge is -2.37. The van der Waals surface area contributed by atoms with E-state index in [4.69, 9.17) is 23.2 Å². The van der Waals surface area contributed by atoms with Crippen LogP contribution >= 0.6 is 23.2 Å². The fourth-order valence-corrected chi connectivity index (χ4v) is 9.54. The molecule has 3 aliphatic rings. The molecule has 2 aliphatic heterocycles. The van der Waals surface area contributed by atoms with Crippen molar-refractivity contribution in [2.75, 3.05) is 24.5 Å². The summed E-state index contributed by atoms with van der Waals surface area (Å²) < 4.78 is 33.8. The van der Waals surface area contributed by atoms with Gasteiger partial charge in [0.25, 0.3) is 0 Å². The molecule has 1 saturated carbocycles. The second-order valence-corrected chi connectivity index (χ2v) is 18.4. The maximum absolute atomic E-state index is 16.1. The summed E-state index contributed by atoms with van der Waals surface area (Å²) >= 11 is 12.5. The van der Waals surface area contributed by atoms with Crippen LogP contribution in [0.15, 0.2) is 60.9 Å². The Morgan fingerprint density at radius 3 is 2.59 bits per heavy atom. The van der Waals surface area contributed by atoms with Gasteiger partial charge in [0, 0.05) is 54.2 Å². The number of imide groups is 1. The number of amides is 4. The number of nitrogens with zero attached hydrogens (tertiary/aromatic N) is 4. The van der Waals surface area contributed by atoms with Gasteiger partial charge in [0.1, 0.15) is 22.9 Å². The van der Waals surface area contributed by atoms with Crippen LogP contribution in [0.5, 0.6) is 0 Å². The van der Waals surface area contributed by atoms with E-state index in [0.717, 1.165) is 56.8 Å². The van der Waals surface area contributed by atoms with E-state index in [9.17, 15) is 19.6 Å². The van der Waals surface area contributed by atoms with Crippen LogP contribution in [0.3, 0.4) is 0 Å². The van der Waals surface area contributed by atoms with Crippen molar-refractivity contribution in [3.8, 4) is 17.9 Å². The minimum Gasteiger partial charge on any atom is -0.352 e. The zero-order chi connectivity index (χ0) is 43.5. The predicted molar refractivity (Wildman–Crippen MR) is 231 cm³/mol. The van der Waals surface area contributed by atoms with E-state index in [1.807, 2.05) is 39.1 Å². The third-order valence-electron chi connectivity index (χ3n) is 12.1. The smallest absolute Gasteiger partial charge is 0.329 e. The summed E-state index contributed by atoms with van der Waals surface area (Å²) in [5.41, 5.74) is -0.509. The van der Waals surface area contributed by atoms with Crippen LogP contribution in [-0.4, -0.2) is 65.0 Å². The predicted octanol–water partition coefficient (Wildman–Crippen LogP) is 7.78. The van der Waals surface area contributed by atoms with Gasteiger partial charge in [0.05, 0.1) is 28.9 Å². The number of urea groups is 1. The van der Waals surface area contributed by atoms with E-state index in [2.05, 4.69) is 44.2 Å². The Bertz CT molecular complexity index is 2410. The molecule has 4 amide bonds. The molecule has 4 aromatic rings. The van der Waals surface area contributed by atoms with Gasteiger partial charge in [-0.25, -0.2) is 18.6 Å². The Labute approximate surface area is 364 Å². The van der Waals surface area contributed by atoms with Crippen LogP contribution in [0.1, 0.15) is 94.7 Å². The van der Waals surface area contributed by atoms with Gasteiger partial charge in [-0.3, -0.25) is 24.2 Å². The average Bonchev–Trinajstić information content (AvgIpc) is 3.78. The van der Waals surface area contributed by atoms with Crippen molar-refractivity contribution >= 4 is 52.5 Å². The largest absolute Gasteiger partial charge is 0.352 e. The number of aromatic nitrogens is 2. The molecular formula is C46H50Cl2F2N8O3. The molecule has 4 heterocycles. The van der Waals surface area contributed by atoms with Gasteiger partial charge in [-0.2, -0.15) is 5.26 Å². The summed E-state index contributed by atoms with van der Waals surface area (Å²) in [7, 11) is 0. The molecule has 3 fully saturated rings. The van der Waals surface area contributed by atoms with Gasteiger partial charge in [0.2, 0.25) is 11.8 Å². The van der Waals surface area contributed by atoms with Crippen LogP contribution in [0.4, 0.5) is 19.4 Å². The molecule has 7 rings (SSSR count). The second-order valence-electron chi connectivity index (χ2n) is 17.5. The Balaban J connectivity index is 0.948. The first-order chi connectivity index (χ1) is 29.2. The zero-order valence-electron chi connectivity index (χ0n) is 34.5. The van der Waals surface area contributed by atoms with Crippen molar-refractivity contribution in [2.45, 2.75) is 102 Å². The fourth-order valence-electron chi connectivity index (χ4n) is 9.20. The minimum absolute atomic E-state index is 0.0495. The van der Waals surface area contributed by atoms with Gasteiger partial charge in [-0.1, -0.05) is 74.0 Å². The van der Waals surface area contributed by atoms with E-state index in [1.165, 1.54) is 29.2 Å². The molecule has 320 valence electrons. The fraction of sp³-hybridized carbons (Fsp3) is 0.457. The monoisotopic (exact) mass is 870 g/mol. The van der Waals surface area contributed by atoms with E-state index in [1.54, 1.807) is 16.7 Å². The third-order valence-corrected chi connectivity index (χ3v) is 12.6. The molecule has 0 unspecified atom stereocenters. The number of anilines is 1. The van der Waals surface area contributed by atoms with Crippen LogP contribution in [0, 0.1) is 46.1 Å². The number of pyridine rings is 1. The first-order valence-electron chi connectivity index (χ1n) is 20.8. The topological polar surface area (TPSA) is 144 Å². The summed E-state index contributed by atoms with van der Waals surface area (Å²) in [6, 6.07) is 12.5. The zero-order valence-corrected chi connectivity index (χ0v) is 36.0. The lowest BCUT2D eigenvalue weighted by Crippen LogP contribution is -2.50. The molecule has 0 bridgehead atoms. The van der Waals surface area contributed by atoms with Gasteiger partial charge in [-0.15, -0.1) is 0 Å². The second kappa shape index (κ2) is 18.5. The lowest BCUT2D eigenvalue weighted by atomic mass is 9.62. The van der Waals surface area contributed by atoms with E-state index >= 15 is 8.78 Å². The number of carbonyl (C=O) groups excluding carboxylic acids is 3. The highest BCUT2D eigenvalue weighted by Crippen LogP contribution is 2.53. The molecule has 61 heavy (non-hydrogen) atoms. The molecule has 0 radical (unpaired) electrons. The summed E-state index contributed by atoms with van der Waals surface area (Å²) in [4.78, 5) is 44.4. The molecule has 0 spiro atoms. The Kier molecular flexibility index (Phi) is 13.4. The molecule has 1 aliphatic carbocycles.